The molecule has 0 bridgehead atoms. The van der Waals surface area contributed by atoms with Crippen LogP contribution in [0.5, 0.6) is 17.2 Å². The maximum absolute atomic E-state index is 6.92. The molecule has 2 aliphatic rings. The Bertz CT molecular complexity index is 1650. The van der Waals surface area contributed by atoms with Gasteiger partial charge in [-0.2, -0.15) is 0 Å². The van der Waals surface area contributed by atoms with Crippen LogP contribution in [0.1, 0.15) is 95.6 Å². The molecule has 8 heteroatoms. The molecule has 1 aliphatic carbocycles. The Morgan fingerprint density at radius 2 is 1.80 bits per heavy atom. The van der Waals surface area contributed by atoms with Crippen LogP contribution in [0.4, 0.5) is 0 Å². The highest BCUT2D eigenvalue weighted by Crippen LogP contribution is 2.44. The zero-order chi connectivity index (χ0) is 36.1. The number of halogens is 1. The second-order valence-corrected chi connectivity index (χ2v) is 15.7. The summed E-state index contributed by atoms with van der Waals surface area (Å²) in [6.07, 6.45) is 4.76. The summed E-state index contributed by atoms with van der Waals surface area (Å²) in [7, 11) is 3.87. The summed E-state index contributed by atoms with van der Waals surface area (Å²) in [6, 6.07) is 16.9. The molecular weight excluding hydrogens is 646 g/mol. The van der Waals surface area contributed by atoms with Gasteiger partial charge in [0.15, 0.2) is 5.90 Å². The molecule has 0 aromatic heterocycles. The van der Waals surface area contributed by atoms with Crippen LogP contribution in [-0.2, 0) is 17.7 Å². The van der Waals surface area contributed by atoms with Crippen molar-refractivity contribution in [3.8, 4) is 28.4 Å². The molecule has 1 heterocycles. The lowest BCUT2D eigenvalue weighted by atomic mass is 9.89. The highest BCUT2D eigenvalue weighted by molar-refractivity contribution is 6.32. The molecule has 0 unspecified atom stereocenters. The van der Waals surface area contributed by atoms with Gasteiger partial charge in [0.1, 0.15) is 29.0 Å². The Kier molecular flexibility index (Phi) is 12.5. The van der Waals surface area contributed by atoms with E-state index in [2.05, 4.69) is 79.0 Å². The van der Waals surface area contributed by atoms with Gasteiger partial charge in [0.2, 0.25) is 0 Å². The minimum atomic E-state index is -0.274. The normalized spacial score (nSPS) is 17.4. The molecule has 0 saturated carbocycles. The van der Waals surface area contributed by atoms with Crippen LogP contribution in [0.15, 0.2) is 53.5 Å². The van der Waals surface area contributed by atoms with Gasteiger partial charge in [0.25, 0.3) is 0 Å². The van der Waals surface area contributed by atoms with Crippen molar-refractivity contribution < 1.29 is 18.9 Å². The van der Waals surface area contributed by atoms with E-state index >= 15 is 0 Å². The molecule has 272 valence electrons. The Morgan fingerprint density at radius 3 is 2.48 bits per heavy atom. The summed E-state index contributed by atoms with van der Waals surface area (Å²) in [4.78, 5) is 9.13. The van der Waals surface area contributed by atoms with Gasteiger partial charge in [-0.25, -0.2) is 0 Å². The third-order valence-electron chi connectivity index (χ3n) is 9.97. The maximum Gasteiger partial charge on any atom is 0.184 e. The zero-order valence-electron chi connectivity index (χ0n) is 31.8. The Hall–Kier alpha value is -3.26. The lowest BCUT2D eigenvalue weighted by Gasteiger charge is -2.48. The predicted molar refractivity (Wildman–Crippen MR) is 206 cm³/mol. The molecule has 1 fully saturated rings. The fourth-order valence-electron chi connectivity index (χ4n) is 7.07. The second-order valence-electron chi connectivity index (χ2n) is 15.3. The minimum Gasteiger partial charge on any atom is -0.493 e. The van der Waals surface area contributed by atoms with Crippen LogP contribution in [0.25, 0.3) is 11.1 Å². The third kappa shape index (κ3) is 9.34. The topological polar surface area (TPSA) is 55.8 Å². The van der Waals surface area contributed by atoms with E-state index in [1.807, 2.05) is 39.8 Å². The van der Waals surface area contributed by atoms with Crippen molar-refractivity contribution in [3.05, 3.63) is 75.8 Å². The van der Waals surface area contributed by atoms with Crippen molar-refractivity contribution in [2.75, 3.05) is 46.9 Å². The lowest BCUT2D eigenvalue weighted by molar-refractivity contribution is 0.0123. The van der Waals surface area contributed by atoms with Crippen LogP contribution in [-0.4, -0.2) is 73.8 Å². The number of fused-ring (bicyclic) bond motifs is 1. The van der Waals surface area contributed by atoms with E-state index in [0.29, 0.717) is 29.5 Å². The van der Waals surface area contributed by atoms with Crippen LogP contribution >= 0.6 is 11.6 Å². The number of aliphatic imine (C=N–C) groups is 1. The number of rotatable bonds is 15. The fraction of sp³-hybridized carbons (Fsp3) is 0.548. The molecule has 1 aliphatic heterocycles. The van der Waals surface area contributed by atoms with Crippen molar-refractivity contribution in [1.29, 1.82) is 0 Å². The highest BCUT2D eigenvalue weighted by atomic mass is 35.5. The number of hydrogen-bond acceptors (Lipinski definition) is 7. The number of benzene rings is 3. The van der Waals surface area contributed by atoms with E-state index in [-0.39, 0.29) is 11.7 Å². The van der Waals surface area contributed by atoms with Gasteiger partial charge in [-0.3, -0.25) is 9.89 Å². The van der Waals surface area contributed by atoms with E-state index in [4.69, 9.17) is 30.5 Å². The Balaban J connectivity index is 1.26. The van der Waals surface area contributed by atoms with E-state index in [1.54, 1.807) is 7.05 Å². The molecule has 7 nitrogen and oxygen atoms in total. The first kappa shape index (κ1) is 38.0. The first-order valence-corrected chi connectivity index (χ1v) is 18.7. The van der Waals surface area contributed by atoms with Gasteiger partial charge in [-0.05, 0) is 121 Å². The first-order valence-electron chi connectivity index (χ1n) is 18.3. The zero-order valence-corrected chi connectivity index (χ0v) is 32.6. The molecular formula is C42H58ClN3O4. The van der Waals surface area contributed by atoms with Crippen molar-refractivity contribution in [1.82, 2.24) is 9.80 Å². The van der Waals surface area contributed by atoms with Crippen LogP contribution in [0.3, 0.4) is 0 Å². The van der Waals surface area contributed by atoms with Crippen molar-refractivity contribution in [3.63, 3.8) is 0 Å². The average molecular weight is 704 g/mol. The largest absolute Gasteiger partial charge is 0.493 e. The third-order valence-corrected chi connectivity index (χ3v) is 10.3. The van der Waals surface area contributed by atoms with Crippen LogP contribution < -0.4 is 14.2 Å². The van der Waals surface area contributed by atoms with E-state index in [0.717, 1.165) is 68.3 Å². The summed E-state index contributed by atoms with van der Waals surface area (Å²) in [5, 5.41) is 0.590. The van der Waals surface area contributed by atoms with E-state index in [9.17, 15) is 0 Å². The van der Waals surface area contributed by atoms with Gasteiger partial charge in [0, 0.05) is 56.8 Å². The van der Waals surface area contributed by atoms with E-state index in [1.165, 1.54) is 40.8 Å². The Morgan fingerprint density at radius 1 is 1.04 bits per heavy atom. The number of nitrogens with zero attached hydrogens (tertiary/aromatic N) is 3. The molecule has 0 radical (unpaired) electrons. The number of ether oxygens (including phenoxy) is 4. The highest BCUT2D eigenvalue weighted by Gasteiger charge is 2.35. The number of likely N-dealkylation sites (tertiary alicyclic amines) is 1. The SMILES string of the molecule is CCOc1cc(O[C@H]2CCc3c(-c4cccc(OCCCN5CCC5(C)C)c4C)cccc32)c(Cl)cc1CN(C)CCC(=NC)OC(C)(C)C. The molecule has 1 atom stereocenters. The molecule has 1 saturated heterocycles. The fourth-order valence-corrected chi connectivity index (χ4v) is 7.30. The molecule has 3 aromatic carbocycles. The quantitative estimate of drug-likeness (QED) is 0.0893. The summed E-state index contributed by atoms with van der Waals surface area (Å²) >= 11 is 6.92. The van der Waals surface area contributed by atoms with Gasteiger partial charge in [-0.15, -0.1) is 0 Å². The van der Waals surface area contributed by atoms with Crippen molar-refractivity contribution >= 4 is 17.5 Å². The Labute approximate surface area is 305 Å². The van der Waals surface area contributed by atoms with Crippen molar-refractivity contribution in [2.24, 2.45) is 4.99 Å². The van der Waals surface area contributed by atoms with E-state index < -0.39 is 0 Å². The summed E-state index contributed by atoms with van der Waals surface area (Å²) < 4.78 is 25.2. The van der Waals surface area contributed by atoms with Gasteiger partial charge >= 0.3 is 0 Å². The molecule has 0 N–H and O–H groups in total. The first-order chi connectivity index (χ1) is 23.8. The minimum absolute atomic E-state index is 0.0921. The molecule has 50 heavy (non-hydrogen) atoms. The van der Waals surface area contributed by atoms with Gasteiger partial charge in [0.05, 0.1) is 18.2 Å². The molecule has 5 rings (SSSR count). The maximum atomic E-state index is 6.92. The summed E-state index contributed by atoms with van der Waals surface area (Å²) in [5.41, 5.74) is 7.29. The van der Waals surface area contributed by atoms with Crippen LogP contribution in [0, 0.1) is 6.92 Å². The number of hydrogen-bond donors (Lipinski definition) is 0. The average Bonchev–Trinajstić information content (AvgIpc) is 3.47. The molecule has 3 aromatic rings. The van der Waals surface area contributed by atoms with Gasteiger partial charge < -0.3 is 23.8 Å². The van der Waals surface area contributed by atoms with Gasteiger partial charge in [-0.1, -0.05) is 41.9 Å². The van der Waals surface area contributed by atoms with Crippen LogP contribution in [0.2, 0.25) is 5.02 Å². The molecule has 0 spiro atoms. The smallest absolute Gasteiger partial charge is 0.184 e. The second kappa shape index (κ2) is 16.4. The monoisotopic (exact) mass is 703 g/mol. The predicted octanol–water partition coefficient (Wildman–Crippen LogP) is 9.70. The summed E-state index contributed by atoms with van der Waals surface area (Å²) in [6.45, 7) is 20.0. The van der Waals surface area contributed by atoms with Crippen molar-refractivity contribution in [2.45, 2.75) is 104 Å². The lowest BCUT2D eigenvalue weighted by Crippen LogP contribution is -2.55. The standard InChI is InChI=1S/C42H58ClN3O4/c1-10-47-38-27-39(35(43)26-30(38)28-45(9)23-20-40(44-8)50-41(3,4)5)49-37-19-18-33-32(15-11-16-34(33)37)31-14-12-17-36(29(31)2)48-25-13-22-46-24-21-42(46,6)7/h11-12,14-17,26-27,37H,10,13,18-25,28H2,1-9H3/t37-/m0/s1. The summed E-state index contributed by atoms with van der Waals surface area (Å²) in [5.74, 6) is 3.16. The molecule has 0 amide bonds.